The Bertz CT molecular complexity index is 577. The lowest BCUT2D eigenvalue weighted by molar-refractivity contribution is -0.132. The third kappa shape index (κ3) is 2.59. The molecule has 2 saturated heterocycles. The van der Waals surface area contributed by atoms with Gasteiger partial charge in [0, 0.05) is 38.4 Å². The van der Waals surface area contributed by atoms with E-state index in [1.54, 1.807) is 13.2 Å². The van der Waals surface area contributed by atoms with Crippen molar-refractivity contribution in [1.82, 2.24) is 20.1 Å². The minimum Gasteiger partial charge on any atom is -0.323 e. The van der Waals surface area contributed by atoms with Crippen LogP contribution >= 0.6 is 0 Å². The van der Waals surface area contributed by atoms with Gasteiger partial charge in [0.1, 0.15) is 5.54 Å². The largest absolute Gasteiger partial charge is 0.324 e. The average molecular weight is 302 g/mol. The van der Waals surface area contributed by atoms with Crippen molar-refractivity contribution in [1.29, 1.82) is 0 Å². The van der Waals surface area contributed by atoms with Crippen LogP contribution in [0, 0.1) is 5.92 Å². The zero-order valence-corrected chi connectivity index (χ0v) is 13.1. The minimum absolute atomic E-state index is 0.120. The summed E-state index contributed by atoms with van der Waals surface area (Å²) in [5.41, 5.74) is 0.395. The van der Waals surface area contributed by atoms with Crippen LogP contribution in [-0.2, 0) is 11.3 Å². The van der Waals surface area contributed by atoms with Crippen molar-refractivity contribution in [3.8, 4) is 0 Å². The third-order valence-corrected chi connectivity index (χ3v) is 4.87. The van der Waals surface area contributed by atoms with E-state index in [0.29, 0.717) is 0 Å². The third-order valence-electron chi connectivity index (χ3n) is 4.87. The van der Waals surface area contributed by atoms with Crippen molar-refractivity contribution < 1.29 is 9.59 Å². The van der Waals surface area contributed by atoms with Gasteiger partial charge in [-0.3, -0.25) is 19.6 Å². The normalized spacial score (nSPS) is 29.7. The van der Waals surface area contributed by atoms with Gasteiger partial charge in [0.05, 0.1) is 0 Å². The number of carbonyl (C=O) groups excluding carboxylic acids is 2. The van der Waals surface area contributed by atoms with Gasteiger partial charge in [-0.25, -0.2) is 4.79 Å². The van der Waals surface area contributed by atoms with Crippen LogP contribution in [-0.4, -0.2) is 52.4 Å². The summed E-state index contributed by atoms with van der Waals surface area (Å²) in [5.74, 6) is 0.0186. The van der Waals surface area contributed by atoms with E-state index in [1.807, 2.05) is 19.2 Å². The molecule has 2 fully saturated rings. The minimum atomic E-state index is -0.778. The highest BCUT2D eigenvalue weighted by molar-refractivity contribution is 6.06. The van der Waals surface area contributed by atoms with Gasteiger partial charge in [-0.2, -0.15) is 0 Å². The van der Waals surface area contributed by atoms with Crippen molar-refractivity contribution in [2.24, 2.45) is 5.92 Å². The number of urea groups is 1. The predicted molar refractivity (Wildman–Crippen MR) is 81.9 cm³/mol. The second kappa shape index (κ2) is 5.68. The molecule has 0 radical (unpaired) electrons. The zero-order chi connectivity index (χ0) is 15.7. The number of amides is 3. The van der Waals surface area contributed by atoms with Gasteiger partial charge in [-0.15, -0.1) is 0 Å². The molecule has 3 heterocycles. The number of nitrogens with zero attached hydrogens (tertiary/aromatic N) is 3. The Labute approximate surface area is 130 Å². The molecule has 2 aliphatic rings. The molecule has 6 nitrogen and oxygen atoms in total. The molecule has 1 N–H and O–H groups in total. The van der Waals surface area contributed by atoms with Crippen LogP contribution in [0.4, 0.5) is 4.79 Å². The molecule has 0 unspecified atom stereocenters. The Hall–Kier alpha value is -1.95. The smallest absolute Gasteiger partial charge is 0.323 e. The summed E-state index contributed by atoms with van der Waals surface area (Å²) >= 11 is 0. The lowest BCUT2D eigenvalue weighted by Crippen LogP contribution is -2.55. The fourth-order valence-electron chi connectivity index (χ4n) is 3.50. The molecule has 0 spiro atoms. The number of pyridine rings is 1. The molecule has 0 saturated carbocycles. The molecule has 1 aromatic heterocycles. The summed E-state index contributed by atoms with van der Waals surface area (Å²) in [6, 6.07) is 3.71. The van der Waals surface area contributed by atoms with Crippen LogP contribution in [0.15, 0.2) is 24.5 Å². The number of aromatic nitrogens is 1. The Morgan fingerprint density at radius 2 is 2.27 bits per heavy atom. The van der Waals surface area contributed by atoms with Gasteiger partial charge < -0.3 is 5.32 Å². The molecule has 1 aromatic rings. The summed E-state index contributed by atoms with van der Waals surface area (Å²) in [7, 11) is 1.54. The van der Waals surface area contributed by atoms with E-state index in [-0.39, 0.29) is 17.9 Å². The van der Waals surface area contributed by atoms with Crippen LogP contribution in [0.2, 0.25) is 0 Å². The molecular weight excluding hydrogens is 280 g/mol. The van der Waals surface area contributed by atoms with Crippen molar-refractivity contribution in [2.45, 2.75) is 31.8 Å². The molecule has 0 aromatic carbocycles. The van der Waals surface area contributed by atoms with Crippen LogP contribution < -0.4 is 5.32 Å². The number of likely N-dealkylation sites (N-methyl/N-ethyl adjacent to an activating group) is 1. The Morgan fingerprint density at radius 1 is 1.45 bits per heavy atom. The van der Waals surface area contributed by atoms with E-state index in [2.05, 4.69) is 21.3 Å². The highest BCUT2D eigenvalue weighted by atomic mass is 16.2. The first-order valence-corrected chi connectivity index (χ1v) is 7.72. The van der Waals surface area contributed by atoms with Gasteiger partial charge in [0.15, 0.2) is 0 Å². The Morgan fingerprint density at radius 3 is 2.91 bits per heavy atom. The molecule has 0 bridgehead atoms. The van der Waals surface area contributed by atoms with Crippen LogP contribution in [0.1, 0.15) is 25.3 Å². The second-order valence-corrected chi connectivity index (χ2v) is 6.43. The maximum Gasteiger partial charge on any atom is 0.324 e. The number of imide groups is 1. The molecule has 0 aliphatic carbocycles. The summed E-state index contributed by atoms with van der Waals surface area (Å²) in [4.78, 5) is 31.9. The van der Waals surface area contributed by atoms with Gasteiger partial charge in [-0.1, -0.05) is 6.07 Å². The Balaban J connectivity index is 1.71. The van der Waals surface area contributed by atoms with Gasteiger partial charge in [0.25, 0.3) is 5.91 Å². The maximum atomic E-state index is 12.4. The number of rotatable bonds is 3. The molecule has 2 atom stereocenters. The van der Waals surface area contributed by atoms with Crippen molar-refractivity contribution >= 4 is 11.9 Å². The van der Waals surface area contributed by atoms with E-state index >= 15 is 0 Å². The molecule has 118 valence electrons. The standard InChI is InChI=1S/C16H22N4O2/c1-16(14(21)19(2)15(22)18-16)13-6-4-8-20(11-13)10-12-5-3-7-17-9-12/h3,5,7,9,13H,4,6,8,10-11H2,1-2H3,(H,18,22)/t13-,16+/m0/s1. The van der Waals surface area contributed by atoms with Crippen LogP contribution in [0.3, 0.4) is 0 Å². The van der Waals surface area contributed by atoms with Gasteiger partial charge in [0.2, 0.25) is 0 Å². The predicted octanol–water partition coefficient (Wildman–Crippen LogP) is 1.23. The number of hydrogen-bond acceptors (Lipinski definition) is 4. The average Bonchev–Trinajstić information content (AvgIpc) is 2.73. The number of piperidine rings is 1. The first-order chi connectivity index (χ1) is 10.5. The first-order valence-electron chi connectivity index (χ1n) is 7.72. The van der Waals surface area contributed by atoms with Crippen LogP contribution in [0.5, 0.6) is 0 Å². The topological polar surface area (TPSA) is 65.5 Å². The summed E-state index contributed by atoms with van der Waals surface area (Å²) in [6.07, 6.45) is 5.64. The lowest BCUT2D eigenvalue weighted by Gasteiger charge is -2.39. The molecule has 2 aliphatic heterocycles. The van der Waals surface area contributed by atoms with Gasteiger partial charge in [-0.05, 0) is 37.9 Å². The monoisotopic (exact) mass is 302 g/mol. The van der Waals surface area contributed by atoms with E-state index < -0.39 is 5.54 Å². The number of likely N-dealkylation sites (tertiary alicyclic amines) is 1. The van der Waals surface area contributed by atoms with Crippen LogP contribution in [0.25, 0.3) is 0 Å². The summed E-state index contributed by atoms with van der Waals surface area (Å²) < 4.78 is 0. The fraction of sp³-hybridized carbons (Fsp3) is 0.562. The second-order valence-electron chi connectivity index (χ2n) is 6.43. The SMILES string of the molecule is CN1C(=O)N[C@](C)([C@H]2CCCN(Cc3cccnc3)C2)C1=O. The highest BCUT2D eigenvalue weighted by Crippen LogP contribution is 2.32. The van der Waals surface area contributed by atoms with Crippen molar-refractivity contribution in [3.63, 3.8) is 0 Å². The van der Waals surface area contributed by atoms with E-state index in [9.17, 15) is 9.59 Å². The number of nitrogens with one attached hydrogen (secondary N) is 1. The Kier molecular flexibility index (Phi) is 3.87. The summed E-state index contributed by atoms with van der Waals surface area (Å²) in [5, 5.41) is 2.88. The molecule has 3 amide bonds. The maximum absolute atomic E-state index is 12.4. The van der Waals surface area contributed by atoms with Gasteiger partial charge >= 0.3 is 6.03 Å². The first kappa shape index (κ1) is 15.0. The quantitative estimate of drug-likeness (QED) is 0.853. The lowest BCUT2D eigenvalue weighted by atomic mass is 9.80. The summed E-state index contributed by atoms with van der Waals surface area (Å²) in [6.45, 7) is 4.51. The molecule has 3 rings (SSSR count). The fourth-order valence-corrected chi connectivity index (χ4v) is 3.50. The molecular formula is C16H22N4O2. The van der Waals surface area contributed by atoms with Crippen molar-refractivity contribution in [2.75, 3.05) is 20.1 Å². The molecule has 6 heteroatoms. The highest BCUT2D eigenvalue weighted by Gasteiger charge is 2.51. The van der Waals surface area contributed by atoms with Crippen molar-refractivity contribution in [3.05, 3.63) is 30.1 Å². The van der Waals surface area contributed by atoms with E-state index in [4.69, 9.17) is 0 Å². The zero-order valence-electron chi connectivity index (χ0n) is 13.1. The molecule has 22 heavy (non-hydrogen) atoms. The van der Waals surface area contributed by atoms with E-state index in [0.717, 1.165) is 32.5 Å². The number of carbonyl (C=O) groups is 2. The number of hydrogen-bond donors (Lipinski definition) is 1. The van der Waals surface area contributed by atoms with E-state index in [1.165, 1.54) is 10.5 Å².